The second-order valence-electron chi connectivity index (χ2n) is 10.5. The molecule has 2 heterocycles. The van der Waals surface area contributed by atoms with Crippen LogP contribution in [0.1, 0.15) is 45.1 Å². The van der Waals surface area contributed by atoms with Crippen molar-refractivity contribution in [2.24, 2.45) is 0 Å². The van der Waals surface area contributed by atoms with Crippen LogP contribution in [0.4, 0.5) is 8.78 Å². The normalized spacial score (nSPS) is 15.5. The number of halogens is 3. The number of fused-ring (bicyclic) bond motifs is 1. The van der Waals surface area contributed by atoms with Crippen LogP contribution in [-0.2, 0) is 0 Å². The van der Waals surface area contributed by atoms with E-state index < -0.39 is 17.2 Å². The molecule has 3 nitrogen and oxygen atoms in total. The predicted molar refractivity (Wildman–Crippen MR) is 143 cm³/mol. The first-order valence-corrected chi connectivity index (χ1v) is 12.7. The van der Waals surface area contributed by atoms with Crippen molar-refractivity contribution in [1.82, 2.24) is 9.47 Å². The standard InChI is InChI=1S/C30H29ClF2N2O/c1-30(2,3)34-15-13-19(14-16-34)20-17-23(21-7-4-5-8-24(21)31)22-11-12-28(36)35(27(22)18-20)29-25(32)9-6-10-26(29)33/h4-12,17-19H,13-16H2,1-3H3. The summed E-state index contributed by atoms with van der Waals surface area (Å²) in [7, 11) is 0. The van der Waals surface area contributed by atoms with Crippen LogP contribution in [0.5, 0.6) is 0 Å². The number of aromatic nitrogens is 1. The minimum atomic E-state index is -0.784. The van der Waals surface area contributed by atoms with Crippen LogP contribution in [0.25, 0.3) is 27.7 Å². The molecule has 4 aromatic rings. The van der Waals surface area contributed by atoms with Gasteiger partial charge in [-0.15, -0.1) is 0 Å². The van der Waals surface area contributed by atoms with Crippen LogP contribution in [0.2, 0.25) is 5.02 Å². The Morgan fingerprint density at radius 3 is 2.17 bits per heavy atom. The van der Waals surface area contributed by atoms with Crippen molar-refractivity contribution < 1.29 is 8.78 Å². The molecule has 1 aliphatic heterocycles. The fraction of sp³-hybridized carbons (Fsp3) is 0.300. The van der Waals surface area contributed by atoms with E-state index in [-0.39, 0.29) is 17.1 Å². The maximum absolute atomic E-state index is 14.9. The van der Waals surface area contributed by atoms with Gasteiger partial charge < -0.3 is 0 Å². The van der Waals surface area contributed by atoms with Gasteiger partial charge in [-0.2, -0.15) is 0 Å². The molecule has 1 aromatic heterocycles. The van der Waals surface area contributed by atoms with E-state index in [9.17, 15) is 13.6 Å². The van der Waals surface area contributed by atoms with E-state index in [2.05, 4.69) is 31.7 Å². The number of piperidine rings is 1. The number of pyridine rings is 1. The van der Waals surface area contributed by atoms with Crippen LogP contribution >= 0.6 is 11.6 Å². The van der Waals surface area contributed by atoms with Crippen LogP contribution in [0.15, 0.2) is 71.5 Å². The number of benzene rings is 3. The Bertz CT molecular complexity index is 1480. The van der Waals surface area contributed by atoms with Gasteiger partial charge in [0.25, 0.3) is 5.56 Å². The van der Waals surface area contributed by atoms with Gasteiger partial charge in [-0.1, -0.05) is 41.9 Å². The Balaban J connectivity index is 1.76. The predicted octanol–water partition coefficient (Wildman–Crippen LogP) is 7.57. The van der Waals surface area contributed by atoms with Crippen molar-refractivity contribution in [2.75, 3.05) is 13.1 Å². The van der Waals surface area contributed by atoms with Gasteiger partial charge in [0, 0.05) is 27.6 Å². The summed E-state index contributed by atoms with van der Waals surface area (Å²) in [6.07, 6.45) is 1.91. The number of rotatable bonds is 3. The fourth-order valence-corrected chi connectivity index (χ4v) is 5.56. The lowest BCUT2D eigenvalue weighted by molar-refractivity contribution is 0.102. The maximum Gasteiger partial charge on any atom is 0.255 e. The zero-order chi connectivity index (χ0) is 25.6. The monoisotopic (exact) mass is 506 g/mol. The highest BCUT2D eigenvalue weighted by Crippen LogP contribution is 2.39. The SMILES string of the molecule is CC(C)(C)N1CCC(c2cc(-c3ccccc3Cl)c3ccc(=O)n(-c4c(F)cccc4F)c3c2)CC1. The summed E-state index contributed by atoms with van der Waals surface area (Å²) in [4.78, 5) is 15.6. The van der Waals surface area contributed by atoms with Crippen LogP contribution in [-0.4, -0.2) is 28.1 Å². The molecule has 0 bridgehead atoms. The Morgan fingerprint density at radius 2 is 1.53 bits per heavy atom. The summed E-state index contributed by atoms with van der Waals surface area (Å²) in [5.74, 6) is -1.32. The van der Waals surface area contributed by atoms with Crippen molar-refractivity contribution in [1.29, 1.82) is 0 Å². The Hall–Kier alpha value is -3.02. The molecule has 5 rings (SSSR count). The number of nitrogens with zero attached hydrogens (tertiary/aromatic N) is 2. The number of hydrogen-bond acceptors (Lipinski definition) is 2. The van der Waals surface area contributed by atoms with Gasteiger partial charge in [-0.05, 0) is 94.1 Å². The van der Waals surface area contributed by atoms with Crippen LogP contribution in [0, 0.1) is 11.6 Å². The minimum absolute atomic E-state index is 0.0971. The molecule has 36 heavy (non-hydrogen) atoms. The first kappa shape index (κ1) is 24.7. The number of hydrogen-bond donors (Lipinski definition) is 0. The third kappa shape index (κ3) is 4.46. The van der Waals surface area contributed by atoms with Crippen molar-refractivity contribution >= 4 is 22.5 Å². The van der Waals surface area contributed by atoms with E-state index in [0.717, 1.165) is 47.2 Å². The molecule has 0 spiro atoms. The van der Waals surface area contributed by atoms with E-state index in [4.69, 9.17) is 11.6 Å². The average molecular weight is 507 g/mol. The van der Waals surface area contributed by atoms with E-state index in [1.165, 1.54) is 24.3 Å². The lowest BCUT2D eigenvalue weighted by Gasteiger charge is -2.41. The Kier molecular flexibility index (Phi) is 6.48. The Labute approximate surface area is 214 Å². The van der Waals surface area contributed by atoms with Gasteiger partial charge in [0.2, 0.25) is 0 Å². The molecule has 0 saturated carbocycles. The van der Waals surface area contributed by atoms with E-state index in [1.807, 2.05) is 30.3 Å². The molecular weight excluding hydrogens is 478 g/mol. The topological polar surface area (TPSA) is 25.2 Å². The average Bonchev–Trinajstić information content (AvgIpc) is 2.84. The number of likely N-dealkylation sites (tertiary alicyclic amines) is 1. The lowest BCUT2D eigenvalue weighted by Crippen LogP contribution is -2.45. The molecule has 1 fully saturated rings. The smallest absolute Gasteiger partial charge is 0.255 e. The summed E-state index contributed by atoms with van der Waals surface area (Å²) in [6, 6.07) is 18.3. The molecule has 0 N–H and O–H groups in total. The molecular formula is C30H29ClF2N2O. The van der Waals surface area contributed by atoms with Gasteiger partial charge >= 0.3 is 0 Å². The number of para-hydroxylation sites is 1. The third-order valence-electron chi connectivity index (χ3n) is 7.27. The van der Waals surface area contributed by atoms with Crippen LogP contribution < -0.4 is 5.56 Å². The summed E-state index contributed by atoms with van der Waals surface area (Å²) in [5.41, 5.74) is 2.42. The minimum Gasteiger partial charge on any atom is -0.298 e. The van der Waals surface area contributed by atoms with Crippen LogP contribution in [0.3, 0.4) is 0 Å². The zero-order valence-corrected chi connectivity index (χ0v) is 21.4. The molecule has 0 unspecified atom stereocenters. The van der Waals surface area contributed by atoms with E-state index in [0.29, 0.717) is 15.9 Å². The summed E-state index contributed by atoms with van der Waals surface area (Å²) in [5, 5.41) is 1.29. The second-order valence-corrected chi connectivity index (χ2v) is 10.9. The van der Waals surface area contributed by atoms with Crippen molar-refractivity contribution in [3.05, 3.63) is 99.3 Å². The summed E-state index contributed by atoms with van der Waals surface area (Å²) < 4.78 is 31.0. The highest BCUT2D eigenvalue weighted by Gasteiger charge is 2.28. The van der Waals surface area contributed by atoms with Gasteiger partial charge in [-0.3, -0.25) is 14.3 Å². The molecule has 1 saturated heterocycles. The van der Waals surface area contributed by atoms with Gasteiger partial charge in [-0.25, -0.2) is 8.78 Å². The van der Waals surface area contributed by atoms with Crippen molar-refractivity contribution in [2.45, 2.75) is 45.1 Å². The highest BCUT2D eigenvalue weighted by atomic mass is 35.5. The molecule has 186 valence electrons. The summed E-state index contributed by atoms with van der Waals surface area (Å²) >= 11 is 6.61. The summed E-state index contributed by atoms with van der Waals surface area (Å²) in [6.45, 7) is 8.58. The highest BCUT2D eigenvalue weighted by molar-refractivity contribution is 6.33. The largest absolute Gasteiger partial charge is 0.298 e. The first-order valence-electron chi connectivity index (χ1n) is 12.3. The van der Waals surface area contributed by atoms with Gasteiger partial charge in [0.1, 0.15) is 17.3 Å². The van der Waals surface area contributed by atoms with E-state index in [1.54, 1.807) is 6.07 Å². The molecule has 0 radical (unpaired) electrons. The second kappa shape index (κ2) is 9.45. The fourth-order valence-electron chi connectivity index (χ4n) is 5.32. The molecule has 0 atom stereocenters. The quantitative estimate of drug-likeness (QED) is 0.286. The van der Waals surface area contributed by atoms with Gasteiger partial charge in [0.15, 0.2) is 0 Å². The van der Waals surface area contributed by atoms with Crippen molar-refractivity contribution in [3.63, 3.8) is 0 Å². The Morgan fingerprint density at radius 1 is 0.861 bits per heavy atom. The molecule has 6 heteroatoms. The van der Waals surface area contributed by atoms with E-state index >= 15 is 0 Å². The van der Waals surface area contributed by atoms with Gasteiger partial charge in [0.05, 0.1) is 5.52 Å². The van der Waals surface area contributed by atoms with Crippen molar-refractivity contribution in [3.8, 4) is 16.8 Å². The molecule has 1 aliphatic rings. The first-order chi connectivity index (χ1) is 17.1. The molecule has 3 aromatic carbocycles. The zero-order valence-electron chi connectivity index (χ0n) is 20.7. The lowest BCUT2D eigenvalue weighted by atomic mass is 9.85. The third-order valence-corrected chi connectivity index (χ3v) is 7.60. The molecule has 0 amide bonds. The maximum atomic E-state index is 14.9. The molecule has 0 aliphatic carbocycles.